The lowest BCUT2D eigenvalue weighted by Crippen LogP contribution is -2.41. The predicted molar refractivity (Wildman–Crippen MR) is 105 cm³/mol. The third kappa shape index (κ3) is 5.24. The van der Waals surface area contributed by atoms with E-state index in [-0.39, 0.29) is 29.2 Å². The number of benzene rings is 2. The lowest BCUT2D eigenvalue weighted by molar-refractivity contribution is -0.123. The number of anilines is 1. The van der Waals surface area contributed by atoms with E-state index in [0.29, 0.717) is 17.0 Å². The van der Waals surface area contributed by atoms with Crippen molar-refractivity contribution in [2.45, 2.75) is 18.6 Å². The number of para-hydroxylation sites is 1. The summed E-state index contributed by atoms with van der Waals surface area (Å²) in [4.78, 5) is 24.3. The van der Waals surface area contributed by atoms with E-state index in [9.17, 15) is 14.0 Å². The first-order valence-corrected chi connectivity index (χ1v) is 9.10. The summed E-state index contributed by atoms with van der Waals surface area (Å²) in [5, 5.41) is 13.2. The predicted octanol–water partition coefficient (Wildman–Crippen LogP) is 3.17. The van der Waals surface area contributed by atoms with Crippen molar-refractivity contribution < 1.29 is 14.0 Å². The Hall–Kier alpha value is -3.00. The summed E-state index contributed by atoms with van der Waals surface area (Å²) < 4.78 is 13.0. The average Bonchev–Trinajstić information content (AvgIpc) is 2.67. The van der Waals surface area contributed by atoms with Gasteiger partial charge in [-0.2, -0.15) is 5.10 Å². The van der Waals surface area contributed by atoms with Crippen LogP contribution in [-0.4, -0.2) is 27.9 Å². The number of amidine groups is 1. The Kier molecular flexibility index (Phi) is 5.97. The van der Waals surface area contributed by atoms with Gasteiger partial charge in [0, 0.05) is 12.1 Å². The van der Waals surface area contributed by atoms with E-state index in [1.807, 2.05) is 18.2 Å². The highest BCUT2D eigenvalue weighted by atomic mass is 32.2. The monoisotopic (exact) mass is 384 g/mol. The summed E-state index contributed by atoms with van der Waals surface area (Å²) in [6, 6.07) is 14.9. The van der Waals surface area contributed by atoms with Gasteiger partial charge in [-0.25, -0.2) is 4.39 Å². The highest BCUT2D eigenvalue weighted by Crippen LogP contribution is 2.22. The van der Waals surface area contributed by atoms with Crippen LogP contribution in [0.5, 0.6) is 0 Å². The minimum atomic E-state index is -0.598. The van der Waals surface area contributed by atoms with Gasteiger partial charge in [-0.15, -0.1) is 5.10 Å². The fourth-order valence-electron chi connectivity index (χ4n) is 2.35. The Morgan fingerprint density at radius 1 is 1.19 bits per heavy atom. The highest BCUT2D eigenvalue weighted by molar-refractivity contribution is 8.15. The van der Waals surface area contributed by atoms with Crippen molar-refractivity contribution in [2.75, 3.05) is 5.32 Å². The maximum Gasteiger partial charge on any atom is 0.238 e. The normalized spacial score (nSPS) is 18.9. The molecular formula is C19H17FN4O2S. The number of halogens is 1. The molecule has 2 N–H and O–H groups in total. The van der Waals surface area contributed by atoms with Gasteiger partial charge in [0.15, 0.2) is 5.17 Å². The minimum absolute atomic E-state index is 0.0585. The molecule has 138 valence electrons. The molecule has 0 radical (unpaired) electrons. The zero-order valence-corrected chi connectivity index (χ0v) is 15.3. The molecule has 6 nitrogen and oxygen atoms in total. The molecule has 2 aromatic rings. The van der Waals surface area contributed by atoms with Gasteiger partial charge >= 0.3 is 0 Å². The van der Waals surface area contributed by atoms with E-state index < -0.39 is 5.25 Å². The summed E-state index contributed by atoms with van der Waals surface area (Å²) in [5.74, 6) is -0.899. The van der Waals surface area contributed by atoms with Crippen molar-refractivity contribution in [2.24, 2.45) is 10.2 Å². The molecule has 2 amide bonds. The molecule has 1 heterocycles. The van der Waals surface area contributed by atoms with Gasteiger partial charge in [0.1, 0.15) is 11.1 Å². The molecule has 27 heavy (non-hydrogen) atoms. The molecule has 1 aliphatic rings. The second-order valence-corrected chi connectivity index (χ2v) is 7.00. The van der Waals surface area contributed by atoms with Gasteiger partial charge in [0.25, 0.3) is 0 Å². The summed E-state index contributed by atoms with van der Waals surface area (Å²) in [6.45, 7) is 1.73. The van der Waals surface area contributed by atoms with E-state index >= 15 is 0 Å². The van der Waals surface area contributed by atoms with Gasteiger partial charge in [-0.05, 0) is 36.8 Å². The van der Waals surface area contributed by atoms with Gasteiger partial charge in [-0.3, -0.25) is 9.59 Å². The Balaban J connectivity index is 1.69. The van der Waals surface area contributed by atoms with E-state index in [1.54, 1.807) is 31.2 Å². The van der Waals surface area contributed by atoms with Crippen LogP contribution < -0.4 is 10.6 Å². The molecule has 3 rings (SSSR count). The Labute approximate surface area is 160 Å². The Morgan fingerprint density at radius 2 is 1.89 bits per heavy atom. The second-order valence-electron chi connectivity index (χ2n) is 5.81. The molecule has 1 atom stereocenters. The molecule has 2 aromatic carbocycles. The van der Waals surface area contributed by atoms with E-state index in [1.165, 1.54) is 12.1 Å². The highest BCUT2D eigenvalue weighted by Gasteiger charge is 2.30. The van der Waals surface area contributed by atoms with Crippen molar-refractivity contribution in [3.05, 3.63) is 66.0 Å². The van der Waals surface area contributed by atoms with E-state index in [4.69, 9.17) is 0 Å². The van der Waals surface area contributed by atoms with Crippen LogP contribution in [0.25, 0.3) is 0 Å². The van der Waals surface area contributed by atoms with E-state index in [2.05, 4.69) is 20.8 Å². The molecule has 0 bridgehead atoms. The second kappa shape index (κ2) is 8.59. The van der Waals surface area contributed by atoms with Crippen LogP contribution >= 0.6 is 11.8 Å². The first kappa shape index (κ1) is 18.8. The summed E-state index contributed by atoms with van der Waals surface area (Å²) in [5.41, 5.74) is 1.94. The van der Waals surface area contributed by atoms with Crippen LogP contribution in [0.1, 0.15) is 18.9 Å². The third-order valence-corrected chi connectivity index (χ3v) is 4.83. The quantitative estimate of drug-likeness (QED) is 0.627. The van der Waals surface area contributed by atoms with Gasteiger partial charge in [0.05, 0.1) is 5.71 Å². The zero-order valence-electron chi connectivity index (χ0n) is 14.5. The van der Waals surface area contributed by atoms with Crippen LogP contribution in [0.3, 0.4) is 0 Å². The van der Waals surface area contributed by atoms with Crippen molar-refractivity contribution >= 4 is 40.1 Å². The van der Waals surface area contributed by atoms with Crippen LogP contribution in [-0.2, 0) is 9.59 Å². The molecule has 1 fully saturated rings. The smallest absolute Gasteiger partial charge is 0.238 e. The maximum absolute atomic E-state index is 13.0. The molecule has 8 heteroatoms. The first-order valence-electron chi connectivity index (χ1n) is 8.22. The molecular weight excluding hydrogens is 367 g/mol. The largest absolute Gasteiger partial charge is 0.325 e. The summed E-state index contributed by atoms with van der Waals surface area (Å²) in [7, 11) is 0. The maximum atomic E-state index is 13.0. The zero-order chi connectivity index (χ0) is 19.2. The van der Waals surface area contributed by atoms with Gasteiger partial charge < -0.3 is 10.6 Å². The number of thioether (sulfide) groups is 1. The topological polar surface area (TPSA) is 82.9 Å². The number of hydrogen-bond donors (Lipinski definition) is 2. The number of nitrogens with zero attached hydrogens (tertiary/aromatic N) is 2. The number of hydrogen-bond acceptors (Lipinski definition) is 5. The number of amides is 2. The minimum Gasteiger partial charge on any atom is -0.325 e. The fraction of sp³-hybridized carbons (Fsp3) is 0.158. The van der Waals surface area contributed by atoms with Crippen molar-refractivity contribution in [3.8, 4) is 0 Å². The molecule has 1 aliphatic heterocycles. The molecule has 1 saturated heterocycles. The molecule has 1 unspecified atom stereocenters. The summed E-state index contributed by atoms with van der Waals surface area (Å²) in [6.07, 6.45) is 0.0585. The lowest BCUT2D eigenvalue weighted by Gasteiger charge is -2.21. The van der Waals surface area contributed by atoms with E-state index in [0.717, 1.165) is 11.8 Å². The number of nitrogens with one attached hydrogen (secondary N) is 2. The average molecular weight is 384 g/mol. The van der Waals surface area contributed by atoms with Crippen molar-refractivity contribution in [1.29, 1.82) is 0 Å². The molecule has 0 aliphatic carbocycles. The third-order valence-electron chi connectivity index (χ3n) is 3.76. The van der Waals surface area contributed by atoms with Crippen molar-refractivity contribution in [3.63, 3.8) is 0 Å². The molecule has 0 spiro atoms. The number of rotatable bonds is 4. The lowest BCUT2D eigenvalue weighted by atomic mass is 10.1. The number of carbonyl (C=O) groups is 2. The van der Waals surface area contributed by atoms with Gasteiger partial charge in [-0.1, -0.05) is 42.1 Å². The first-order chi connectivity index (χ1) is 13.0. The SMILES string of the molecule is CC(=N/N=C1\NC(=O)CC(C(=O)Nc2ccccc2)S1)c1ccc(F)cc1. The fourth-order valence-corrected chi connectivity index (χ4v) is 3.28. The van der Waals surface area contributed by atoms with Crippen LogP contribution in [0.2, 0.25) is 0 Å². The molecule has 0 saturated carbocycles. The number of carbonyl (C=O) groups excluding carboxylic acids is 2. The Morgan fingerprint density at radius 3 is 2.59 bits per heavy atom. The Bertz CT molecular complexity index is 898. The van der Waals surface area contributed by atoms with Crippen LogP contribution in [0, 0.1) is 5.82 Å². The summed E-state index contributed by atoms with van der Waals surface area (Å²) >= 11 is 1.14. The standard InChI is InChI=1S/C19H17FN4O2S/c1-12(13-7-9-14(20)10-8-13)23-24-19-22-17(25)11-16(27-19)18(26)21-15-5-3-2-4-6-15/h2-10,16H,11H2,1H3,(H,21,26)(H,22,24,25). The van der Waals surface area contributed by atoms with Crippen LogP contribution in [0.4, 0.5) is 10.1 Å². The van der Waals surface area contributed by atoms with Crippen molar-refractivity contribution in [1.82, 2.24) is 5.32 Å². The molecule has 0 aromatic heterocycles. The van der Waals surface area contributed by atoms with Gasteiger partial charge in [0.2, 0.25) is 11.8 Å². The van der Waals surface area contributed by atoms with Crippen LogP contribution in [0.15, 0.2) is 64.8 Å².